The second kappa shape index (κ2) is 5.59. The zero-order valence-electron chi connectivity index (χ0n) is 6.81. The van der Waals surface area contributed by atoms with Crippen LogP contribution in [0.5, 0.6) is 0 Å². The minimum absolute atomic E-state index is 0.0632. The lowest BCUT2D eigenvalue weighted by molar-refractivity contribution is -0.118. The van der Waals surface area contributed by atoms with Crippen molar-refractivity contribution in [2.75, 3.05) is 12.8 Å². The molecular weight excluding hydrogens is 146 g/mol. The van der Waals surface area contributed by atoms with E-state index in [1.54, 1.807) is 6.92 Å². The molecule has 10 heavy (non-hydrogen) atoms. The summed E-state index contributed by atoms with van der Waals surface area (Å²) >= 11 is 1.83. The SMILES string of the molecule is CSC(C)CCNC(C)=O. The number of amides is 1. The van der Waals surface area contributed by atoms with Gasteiger partial charge in [0, 0.05) is 18.7 Å². The molecule has 3 heteroatoms. The van der Waals surface area contributed by atoms with Crippen LogP contribution >= 0.6 is 11.8 Å². The Bertz CT molecular complexity index is 106. The molecule has 2 nitrogen and oxygen atoms in total. The third kappa shape index (κ3) is 5.95. The van der Waals surface area contributed by atoms with E-state index in [9.17, 15) is 4.79 Å². The van der Waals surface area contributed by atoms with Crippen LogP contribution in [-0.4, -0.2) is 24.0 Å². The fraction of sp³-hybridized carbons (Fsp3) is 0.857. The van der Waals surface area contributed by atoms with E-state index in [-0.39, 0.29) is 5.91 Å². The van der Waals surface area contributed by atoms with E-state index in [0.29, 0.717) is 5.25 Å². The summed E-state index contributed by atoms with van der Waals surface area (Å²) in [7, 11) is 0. The molecule has 0 fully saturated rings. The number of rotatable bonds is 4. The minimum Gasteiger partial charge on any atom is -0.356 e. The van der Waals surface area contributed by atoms with Gasteiger partial charge in [0.15, 0.2) is 0 Å². The molecule has 0 radical (unpaired) electrons. The highest BCUT2D eigenvalue weighted by molar-refractivity contribution is 7.99. The fourth-order valence-electron chi connectivity index (χ4n) is 0.569. The standard InChI is InChI=1S/C7H15NOS/c1-6(10-3)4-5-8-7(2)9/h6H,4-5H2,1-3H3,(H,8,9). The molecular formula is C7H15NOS. The summed E-state index contributed by atoms with van der Waals surface area (Å²) in [6.45, 7) is 4.51. The van der Waals surface area contributed by atoms with Gasteiger partial charge in [0.2, 0.25) is 5.91 Å². The van der Waals surface area contributed by atoms with E-state index in [1.165, 1.54) is 0 Å². The van der Waals surface area contributed by atoms with Gasteiger partial charge in [0.1, 0.15) is 0 Å². The maximum atomic E-state index is 10.4. The van der Waals surface area contributed by atoms with Gasteiger partial charge in [-0.05, 0) is 12.7 Å². The second-order valence-electron chi connectivity index (χ2n) is 2.32. The van der Waals surface area contributed by atoms with E-state index in [1.807, 2.05) is 11.8 Å². The third-order valence-corrected chi connectivity index (χ3v) is 2.37. The zero-order chi connectivity index (χ0) is 7.98. The Morgan fingerprint density at radius 1 is 1.70 bits per heavy atom. The molecule has 0 spiro atoms. The van der Waals surface area contributed by atoms with Crippen molar-refractivity contribution >= 4 is 17.7 Å². The van der Waals surface area contributed by atoms with Crippen LogP contribution in [0.2, 0.25) is 0 Å². The number of thioether (sulfide) groups is 1. The van der Waals surface area contributed by atoms with Crippen LogP contribution in [0.4, 0.5) is 0 Å². The molecule has 0 aromatic rings. The molecule has 1 amide bonds. The van der Waals surface area contributed by atoms with E-state index in [4.69, 9.17) is 0 Å². The maximum absolute atomic E-state index is 10.4. The van der Waals surface area contributed by atoms with Gasteiger partial charge >= 0.3 is 0 Å². The molecule has 0 heterocycles. The number of carbonyl (C=O) groups is 1. The third-order valence-electron chi connectivity index (χ3n) is 1.33. The zero-order valence-corrected chi connectivity index (χ0v) is 7.62. The largest absolute Gasteiger partial charge is 0.356 e. The predicted molar refractivity (Wildman–Crippen MR) is 46.3 cm³/mol. The van der Waals surface area contributed by atoms with Crippen LogP contribution in [0, 0.1) is 0 Å². The monoisotopic (exact) mass is 161 g/mol. The Morgan fingerprint density at radius 2 is 2.30 bits per heavy atom. The van der Waals surface area contributed by atoms with Crippen molar-refractivity contribution in [1.82, 2.24) is 5.32 Å². The van der Waals surface area contributed by atoms with Crippen LogP contribution in [0.3, 0.4) is 0 Å². The molecule has 1 N–H and O–H groups in total. The summed E-state index contributed by atoms with van der Waals surface area (Å²) in [6.07, 6.45) is 3.14. The van der Waals surface area contributed by atoms with Crippen molar-refractivity contribution < 1.29 is 4.79 Å². The Balaban J connectivity index is 3.11. The van der Waals surface area contributed by atoms with Crippen LogP contribution in [0.25, 0.3) is 0 Å². The van der Waals surface area contributed by atoms with E-state index >= 15 is 0 Å². The number of hydrogen-bond donors (Lipinski definition) is 1. The van der Waals surface area contributed by atoms with Crippen molar-refractivity contribution in [2.45, 2.75) is 25.5 Å². The normalized spacial score (nSPS) is 12.7. The Kier molecular flexibility index (Phi) is 5.49. The number of hydrogen-bond acceptors (Lipinski definition) is 2. The maximum Gasteiger partial charge on any atom is 0.216 e. The lowest BCUT2D eigenvalue weighted by atomic mass is 10.3. The van der Waals surface area contributed by atoms with Crippen molar-refractivity contribution in [2.24, 2.45) is 0 Å². The van der Waals surface area contributed by atoms with E-state index in [0.717, 1.165) is 13.0 Å². The van der Waals surface area contributed by atoms with Gasteiger partial charge in [0.05, 0.1) is 0 Å². The molecule has 0 aromatic heterocycles. The number of carbonyl (C=O) groups excluding carboxylic acids is 1. The van der Waals surface area contributed by atoms with Crippen LogP contribution in [0.15, 0.2) is 0 Å². The van der Waals surface area contributed by atoms with Crippen LogP contribution < -0.4 is 5.32 Å². The van der Waals surface area contributed by atoms with Crippen molar-refractivity contribution in [3.05, 3.63) is 0 Å². The van der Waals surface area contributed by atoms with Crippen LogP contribution in [-0.2, 0) is 4.79 Å². The molecule has 0 aliphatic rings. The Labute approximate surface area is 66.8 Å². The van der Waals surface area contributed by atoms with Gasteiger partial charge in [-0.2, -0.15) is 11.8 Å². The van der Waals surface area contributed by atoms with E-state index in [2.05, 4.69) is 18.5 Å². The van der Waals surface area contributed by atoms with Gasteiger partial charge in [-0.3, -0.25) is 4.79 Å². The molecule has 0 aliphatic carbocycles. The van der Waals surface area contributed by atoms with Crippen molar-refractivity contribution in [3.8, 4) is 0 Å². The highest BCUT2D eigenvalue weighted by atomic mass is 32.2. The topological polar surface area (TPSA) is 29.1 Å². The fourth-order valence-corrected chi connectivity index (χ4v) is 0.923. The molecule has 0 saturated carbocycles. The lowest BCUT2D eigenvalue weighted by Crippen LogP contribution is -2.22. The van der Waals surface area contributed by atoms with Gasteiger partial charge < -0.3 is 5.32 Å². The first-order chi connectivity index (χ1) is 4.66. The molecule has 0 aromatic carbocycles. The Morgan fingerprint density at radius 3 is 2.70 bits per heavy atom. The lowest BCUT2D eigenvalue weighted by Gasteiger charge is -2.06. The van der Waals surface area contributed by atoms with Crippen LogP contribution in [0.1, 0.15) is 20.3 Å². The highest BCUT2D eigenvalue weighted by Gasteiger charge is 1.97. The summed E-state index contributed by atoms with van der Waals surface area (Å²) in [4.78, 5) is 10.4. The quantitative estimate of drug-likeness (QED) is 0.672. The minimum atomic E-state index is 0.0632. The molecule has 0 rings (SSSR count). The van der Waals surface area contributed by atoms with E-state index < -0.39 is 0 Å². The number of nitrogens with one attached hydrogen (secondary N) is 1. The van der Waals surface area contributed by atoms with Crippen molar-refractivity contribution in [3.63, 3.8) is 0 Å². The second-order valence-corrected chi connectivity index (χ2v) is 3.59. The van der Waals surface area contributed by atoms with Gasteiger partial charge in [-0.15, -0.1) is 0 Å². The first-order valence-electron chi connectivity index (χ1n) is 3.44. The first kappa shape index (κ1) is 9.82. The average molecular weight is 161 g/mol. The molecule has 1 atom stereocenters. The average Bonchev–Trinajstić information content (AvgIpc) is 1.87. The van der Waals surface area contributed by atoms with Gasteiger partial charge in [0.25, 0.3) is 0 Å². The molecule has 0 aliphatic heterocycles. The first-order valence-corrected chi connectivity index (χ1v) is 4.73. The van der Waals surface area contributed by atoms with Crippen molar-refractivity contribution in [1.29, 1.82) is 0 Å². The summed E-state index contributed by atoms with van der Waals surface area (Å²) < 4.78 is 0. The van der Waals surface area contributed by atoms with Gasteiger partial charge in [-0.25, -0.2) is 0 Å². The van der Waals surface area contributed by atoms with Gasteiger partial charge in [-0.1, -0.05) is 6.92 Å². The molecule has 0 bridgehead atoms. The summed E-state index contributed by atoms with van der Waals surface area (Å²) in [5.74, 6) is 0.0632. The summed E-state index contributed by atoms with van der Waals surface area (Å²) in [5.41, 5.74) is 0. The summed E-state index contributed by atoms with van der Waals surface area (Å²) in [6, 6.07) is 0. The molecule has 60 valence electrons. The Hall–Kier alpha value is -0.180. The molecule has 1 unspecified atom stereocenters. The predicted octanol–water partition coefficient (Wildman–Crippen LogP) is 1.26. The highest BCUT2D eigenvalue weighted by Crippen LogP contribution is 2.07. The smallest absolute Gasteiger partial charge is 0.216 e. The molecule has 0 saturated heterocycles. The summed E-state index contributed by atoms with van der Waals surface area (Å²) in [5, 5.41) is 3.40.